The Morgan fingerprint density at radius 3 is 3.03 bits per heavy atom. The molecule has 10 nitrogen and oxygen atoms in total. The zero-order valence-corrected chi connectivity index (χ0v) is 21.0. The molecule has 4 N–H and O–H groups in total. The molecule has 3 atom stereocenters. The van der Waals surface area contributed by atoms with E-state index in [1.54, 1.807) is 29.5 Å². The number of aromatic nitrogens is 4. The fourth-order valence-corrected chi connectivity index (χ4v) is 4.50. The van der Waals surface area contributed by atoms with Crippen LogP contribution >= 0.6 is 15.9 Å². The second-order valence-electron chi connectivity index (χ2n) is 8.58. The largest absolute Gasteiger partial charge is 0.464 e. The SMILES string of the molecule is CO[n+]1cccc(CNc2cc(N[C@H]3CCCC[C@H]3COC(=O)C(C)N)nc3c(Br)cnn23)c1. The lowest BCUT2D eigenvalue weighted by Crippen LogP contribution is -2.40. The van der Waals surface area contributed by atoms with Gasteiger partial charge in [-0.2, -0.15) is 9.61 Å². The van der Waals surface area contributed by atoms with Crippen LogP contribution in [0.25, 0.3) is 5.65 Å². The number of hydrogen-bond acceptors (Lipinski definition) is 8. The lowest BCUT2D eigenvalue weighted by Gasteiger charge is -2.32. The number of halogens is 1. The number of pyridine rings is 1. The lowest BCUT2D eigenvalue weighted by molar-refractivity contribution is -0.885. The number of esters is 1. The number of anilines is 2. The molecule has 1 unspecified atom stereocenters. The first-order valence-electron chi connectivity index (χ1n) is 11.5. The molecular formula is C23H31BrN7O3+. The number of nitrogens with zero attached hydrogens (tertiary/aromatic N) is 4. The van der Waals surface area contributed by atoms with Crippen LogP contribution < -0.4 is 25.9 Å². The van der Waals surface area contributed by atoms with Gasteiger partial charge < -0.3 is 21.1 Å². The first kappa shape index (κ1) is 24.2. The Hall–Kier alpha value is -2.92. The molecule has 0 amide bonds. The molecule has 0 bridgehead atoms. The van der Waals surface area contributed by atoms with Gasteiger partial charge in [0.05, 0.1) is 17.3 Å². The lowest BCUT2D eigenvalue weighted by atomic mass is 9.85. The van der Waals surface area contributed by atoms with Gasteiger partial charge in [-0.3, -0.25) is 9.63 Å². The van der Waals surface area contributed by atoms with Crippen molar-refractivity contribution in [1.82, 2.24) is 14.6 Å². The molecule has 1 aliphatic rings. The van der Waals surface area contributed by atoms with Crippen molar-refractivity contribution in [2.75, 3.05) is 24.4 Å². The maximum atomic E-state index is 11.9. The number of nitrogens with one attached hydrogen (secondary N) is 2. The number of carbonyl (C=O) groups is 1. The van der Waals surface area contributed by atoms with Crippen molar-refractivity contribution >= 4 is 39.2 Å². The molecular weight excluding hydrogens is 502 g/mol. The van der Waals surface area contributed by atoms with Gasteiger partial charge in [-0.15, -0.1) is 0 Å². The summed E-state index contributed by atoms with van der Waals surface area (Å²) in [6, 6.07) is 5.44. The average molecular weight is 533 g/mol. The topological polar surface area (TPSA) is 120 Å². The van der Waals surface area contributed by atoms with Crippen LogP contribution in [-0.4, -0.2) is 46.4 Å². The molecule has 1 saturated carbocycles. The summed E-state index contributed by atoms with van der Waals surface area (Å²) in [6.07, 6.45) is 9.69. The smallest absolute Gasteiger partial charge is 0.322 e. The van der Waals surface area contributed by atoms with Crippen molar-refractivity contribution < 1.29 is 19.1 Å². The highest BCUT2D eigenvalue weighted by atomic mass is 79.9. The monoisotopic (exact) mass is 532 g/mol. The van der Waals surface area contributed by atoms with Gasteiger partial charge in [0.15, 0.2) is 5.65 Å². The van der Waals surface area contributed by atoms with Gasteiger partial charge in [0.2, 0.25) is 12.4 Å². The van der Waals surface area contributed by atoms with E-state index in [4.69, 9.17) is 20.3 Å². The standard InChI is InChI=1S/C23H31BrN7O3/c1-15(25)23(32)34-14-17-7-3-4-8-19(17)28-20-10-21(31-22(29-20)18(24)12-27-31)26-11-16-6-5-9-30(13-16)33-2/h5-6,9-10,12-13,15,17,19,26H,3-4,7-8,11,14,25H2,1-2H3,(H,28,29)/q+1/t15?,17-,19-/m0/s1. The van der Waals surface area contributed by atoms with Crippen LogP contribution in [0.15, 0.2) is 41.3 Å². The summed E-state index contributed by atoms with van der Waals surface area (Å²) < 4.78 is 9.68. The van der Waals surface area contributed by atoms with Crippen LogP contribution in [0.4, 0.5) is 11.6 Å². The first-order valence-corrected chi connectivity index (χ1v) is 12.3. The molecule has 0 aliphatic heterocycles. The highest BCUT2D eigenvalue weighted by Gasteiger charge is 2.27. The zero-order valence-electron chi connectivity index (χ0n) is 19.4. The normalized spacial score (nSPS) is 18.9. The zero-order chi connectivity index (χ0) is 24.1. The minimum absolute atomic E-state index is 0.147. The van der Waals surface area contributed by atoms with E-state index in [1.165, 1.54) is 0 Å². The quantitative estimate of drug-likeness (QED) is 0.283. The van der Waals surface area contributed by atoms with Gasteiger partial charge in [0.25, 0.3) is 0 Å². The van der Waals surface area contributed by atoms with Crippen molar-refractivity contribution in [3.8, 4) is 0 Å². The van der Waals surface area contributed by atoms with Crippen molar-refractivity contribution in [2.45, 2.75) is 51.2 Å². The van der Waals surface area contributed by atoms with Gasteiger partial charge >= 0.3 is 5.97 Å². The summed E-state index contributed by atoms with van der Waals surface area (Å²) in [6.45, 7) is 2.58. The van der Waals surface area contributed by atoms with E-state index in [0.29, 0.717) is 18.8 Å². The third kappa shape index (κ3) is 5.76. The Morgan fingerprint density at radius 1 is 1.41 bits per heavy atom. The number of rotatable bonds is 9. The van der Waals surface area contributed by atoms with E-state index in [1.807, 2.05) is 30.6 Å². The third-order valence-corrected chi connectivity index (χ3v) is 6.56. The van der Waals surface area contributed by atoms with Crippen LogP contribution in [-0.2, 0) is 16.1 Å². The molecule has 0 spiro atoms. The minimum atomic E-state index is -0.616. The molecule has 3 aromatic rings. The van der Waals surface area contributed by atoms with Crippen LogP contribution in [0.3, 0.4) is 0 Å². The van der Waals surface area contributed by atoms with E-state index >= 15 is 0 Å². The van der Waals surface area contributed by atoms with Gasteiger partial charge in [0, 0.05) is 40.9 Å². The molecule has 1 fully saturated rings. The summed E-state index contributed by atoms with van der Waals surface area (Å²) in [7, 11) is 1.62. The van der Waals surface area contributed by atoms with Crippen molar-refractivity contribution in [3.63, 3.8) is 0 Å². The number of carbonyl (C=O) groups excluding carboxylic acids is 1. The van der Waals surface area contributed by atoms with E-state index in [2.05, 4.69) is 31.7 Å². The van der Waals surface area contributed by atoms with E-state index < -0.39 is 6.04 Å². The molecule has 3 aromatic heterocycles. The molecule has 4 rings (SSSR count). The Balaban J connectivity index is 1.52. The first-order chi connectivity index (χ1) is 16.4. The van der Waals surface area contributed by atoms with Crippen molar-refractivity contribution in [3.05, 3.63) is 46.8 Å². The Labute approximate surface area is 206 Å². The maximum absolute atomic E-state index is 11.9. The Bertz CT molecular complexity index is 1140. The molecule has 11 heteroatoms. The van der Waals surface area contributed by atoms with Gasteiger partial charge in [-0.25, -0.2) is 4.98 Å². The van der Waals surface area contributed by atoms with E-state index in [-0.39, 0.29) is 17.9 Å². The summed E-state index contributed by atoms with van der Waals surface area (Å²) in [5.74, 6) is 1.38. The number of hydrogen-bond donors (Lipinski definition) is 3. The van der Waals surface area contributed by atoms with Gasteiger partial charge in [-0.1, -0.05) is 12.8 Å². The summed E-state index contributed by atoms with van der Waals surface area (Å²) >= 11 is 3.55. The number of fused-ring (bicyclic) bond motifs is 1. The number of ether oxygens (including phenoxy) is 1. The van der Waals surface area contributed by atoms with Crippen LogP contribution in [0.2, 0.25) is 0 Å². The number of nitrogens with two attached hydrogens (primary N) is 1. The minimum Gasteiger partial charge on any atom is -0.464 e. The van der Waals surface area contributed by atoms with Crippen molar-refractivity contribution in [1.29, 1.82) is 0 Å². The molecule has 182 valence electrons. The van der Waals surface area contributed by atoms with Crippen LogP contribution in [0, 0.1) is 5.92 Å². The molecule has 0 aromatic carbocycles. The van der Waals surface area contributed by atoms with E-state index in [9.17, 15) is 4.79 Å². The molecule has 0 radical (unpaired) electrons. The second-order valence-corrected chi connectivity index (χ2v) is 9.43. The average Bonchev–Trinajstić information content (AvgIpc) is 3.22. The van der Waals surface area contributed by atoms with Crippen LogP contribution in [0.1, 0.15) is 38.2 Å². The summed E-state index contributed by atoms with van der Waals surface area (Å²) in [4.78, 5) is 21.9. The molecule has 34 heavy (non-hydrogen) atoms. The highest BCUT2D eigenvalue weighted by molar-refractivity contribution is 9.10. The fourth-order valence-electron chi connectivity index (χ4n) is 4.16. The van der Waals surface area contributed by atoms with Crippen molar-refractivity contribution in [2.24, 2.45) is 11.7 Å². The fraction of sp³-hybridized carbons (Fsp3) is 0.478. The predicted octanol–water partition coefficient (Wildman–Crippen LogP) is 2.31. The maximum Gasteiger partial charge on any atom is 0.322 e. The Morgan fingerprint density at radius 2 is 2.24 bits per heavy atom. The van der Waals surface area contributed by atoms with E-state index in [0.717, 1.165) is 47.4 Å². The molecule has 3 heterocycles. The molecule has 1 aliphatic carbocycles. The Kier molecular flexibility index (Phi) is 7.84. The third-order valence-electron chi connectivity index (χ3n) is 6.00. The predicted molar refractivity (Wildman–Crippen MR) is 131 cm³/mol. The summed E-state index contributed by atoms with van der Waals surface area (Å²) in [5.41, 5.74) is 7.41. The van der Waals surface area contributed by atoms with Gasteiger partial charge in [0.1, 0.15) is 24.8 Å². The summed E-state index contributed by atoms with van der Waals surface area (Å²) in [5, 5.41) is 11.5. The second kappa shape index (κ2) is 11.0. The van der Waals surface area contributed by atoms with Gasteiger partial charge in [-0.05, 0) is 41.8 Å². The molecule has 0 saturated heterocycles. The van der Waals surface area contributed by atoms with Crippen LogP contribution in [0.5, 0.6) is 0 Å². The highest BCUT2D eigenvalue weighted by Crippen LogP contribution is 2.29.